The van der Waals surface area contributed by atoms with E-state index < -0.39 is 0 Å². The van der Waals surface area contributed by atoms with Gasteiger partial charge in [-0.1, -0.05) is 25.1 Å². The molecule has 1 aromatic heterocycles. The Morgan fingerprint density at radius 2 is 2.05 bits per heavy atom. The van der Waals surface area contributed by atoms with Crippen LogP contribution in [0.3, 0.4) is 0 Å². The molecule has 0 saturated carbocycles. The Kier molecular flexibility index (Phi) is 6.05. The van der Waals surface area contributed by atoms with Gasteiger partial charge in [0.1, 0.15) is 0 Å². The van der Waals surface area contributed by atoms with Crippen molar-refractivity contribution >= 4 is 0 Å². The highest BCUT2D eigenvalue weighted by Crippen LogP contribution is 2.18. The van der Waals surface area contributed by atoms with Crippen LogP contribution in [-0.4, -0.2) is 16.3 Å². The van der Waals surface area contributed by atoms with Gasteiger partial charge in [0.15, 0.2) is 0 Å². The monoisotopic (exact) mass is 281 g/mol. The van der Waals surface area contributed by atoms with Crippen molar-refractivity contribution in [3.05, 3.63) is 48.3 Å². The lowest BCUT2D eigenvalue weighted by atomic mass is 10.1. The molecular weight excluding hydrogens is 258 g/mol. The van der Waals surface area contributed by atoms with Gasteiger partial charge in [0, 0.05) is 12.6 Å². The Labute approximate surface area is 127 Å². The smallest absolute Gasteiger partial charge is 0.0798 e. The van der Waals surface area contributed by atoms with E-state index in [-0.39, 0.29) is 6.04 Å². The maximum Gasteiger partial charge on any atom is 0.0798 e. The number of nitrogens with one attached hydrogen (secondary N) is 1. The molecule has 1 aromatic carbocycles. The third kappa shape index (κ3) is 4.47. The van der Waals surface area contributed by atoms with Crippen molar-refractivity contribution in [1.29, 1.82) is 0 Å². The van der Waals surface area contributed by atoms with E-state index in [0.717, 1.165) is 37.2 Å². The maximum absolute atomic E-state index is 4.72. The maximum atomic E-state index is 4.72. The molecule has 0 saturated heterocycles. The first-order valence-corrected chi connectivity index (χ1v) is 7.59. The van der Waals surface area contributed by atoms with E-state index >= 15 is 0 Å². The number of hydrogen-bond donors (Lipinski definition) is 1. The van der Waals surface area contributed by atoms with E-state index in [0.29, 0.717) is 0 Å². The molecule has 1 atom stereocenters. The van der Waals surface area contributed by atoms with Crippen LogP contribution in [0.2, 0.25) is 0 Å². The molecule has 2 aromatic rings. The zero-order valence-electron chi connectivity index (χ0n) is 12.8. The predicted octanol–water partition coefficient (Wildman–Crippen LogP) is 3.72. The van der Waals surface area contributed by atoms with E-state index in [2.05, 4.69) is 42.3 Å². The van der Waals surface area contributed by atoms with Crippen LogP contribution in [0.15, 0.2) is 42.6 Å². The van der Waals surface area contributed by atoms with Crippen molar-refractivity contribution < 1.29 is 0 Å². The summed E-state index contributed by atoms with van der Waals surface area (Å²) in [6.07, 6.45) is 5.04. The Morgan fingerprint density at radius 3 is 2.76 bits per heavy atom. The van der Waals surface area contributed by atoms with Crippen molar-refractivity contribution in [3.8, 4) is 17.5 Å². The van der Waals surface area contributed by atoms with Gasteiger partial charge in [-0.2, -0.15) is 5.10 Å². The van der Waals surface area contributed by atoms with Crippen molar-refractivity contribution in [1.82, 2.24) is 15.1 Å². The fourth-order valence-electron chi connectivity index (χ4n) is 2.26. The van der Waals surface area contributed by atoms with Crippen LogP contribution in [0, 0.1) is 11.8 Å². The minimum Gasteiger partial charge on any atom is -0.309 e. The van der Waals surface area contributed by atoms with Crippen LogP contribution in [0.25, 0.3) is 5.69 Å². The zero-order valence-corrected chi connectivity index (χ0v) is 12.8. The highest BCUT2D eigenvalue weighted by Gasteiger charge is 2.13. The summed E-state index contributed by atoms with van der Waals surface area (Å²) < 4.78 is 1.93. The van der Waals surface area contributed by atoms with E-state index in [9.17, 15) is 0 Å². The molecule has 110 valence electrons. The Bertz CT molecular complexity index is 590. The van der Waals surface area contributed by atoms with Crippen LogP contribution in [0.5, 0.6) is 0 Å². The lowest BCUT2D eigenvalue weighted by Gasteiger charge is -2.15. The van der Waals surface area contributed by atoms with Crippen molar-refractivity contribution in [2.24, 2.45) is 0 Å². The second-order valence-electron chi connectivity index (χ2n) is 4.99. The van der Waals surface area contributed by atoms with E-state index in [1.807, 2.05) is 36.0 Å². The second-order valence-corrected chi connectivity index (χ2v) is 4.99. The predicted molar refractivity (Wildman–Crippen MR) is 87.3 cm³/mol. The summed E-state index contributed by atoms with van der Waals surface area (Å²) in [6.45, 7) is 5.07. The standard InChI is InChI=1S/C18H23N3/c1-3-5-7-12-17(19-14-4-2)18-13-15-21(20-18)16-10-8-6-9-11-16/h6,8-11,13,15,17,19H,4,7,12,14H2,1-2H3. The average Bonchev–Trinajstić information content (AvgIpc) is 3.01. The number of para-hydroxylation sites is 1. The Hall–Kier alpha value is -2.05. The molecule has 0 spiro atoms. The fraction of sp³-hybridized carbons (Fsp3) is 0.389. The lowest BCUT2D eigenvalue weighted by Crippen LogP contribution is -2.22. The minimum atomic E-state index is 0.274. The van der Waals surface area contributed by atoms with Gasteiger partial charge in [-0.3, -0.25) is 0 Å². The van der Waals surface area contributed by atoms with Gasteiger partial charge < -0.3 is 5.32 Å². The van der Waals surface area contributed by atoms with Gasteiger partial charge in [-0.05, 0) is 44.5 Å². The van der Waals surface area contributed by atoms with Crippen molar-refractivity contribution in [2.75, 3.05) is 6.54 Å². The van der Waals surface area contributed by atoms with Gasteiger partial charge in [-0.15, -0.1) is 11.8 Å². The number of hydrogen-bond acceptors (Lipinski definition) is 2. The molecule has 0 fully saturated rings. The Balaban J connectivity index is 2.11. The van der Waals surface area contributed by atoms with Crippen LogP contribution < -0.4 is 5.32 Å². The fourth-order valence-corrected chi connectivity index (χ4v) is 2.26. The van der Waals surface area contributed by atoms with Crippen molar-refractivity contribution in [3.63, 3.8) is 0 Å². The molecule has 1 N–H and O–H groups in total. The molecule has 21 heavy (non-hydrogen) atoms. The quantitative estimate of drug-likeness (QED) is 0.784. The van der Waals surface area contributed by atoms with Crippen LogP contribution in [0.4, 0.5) is 0 Å². The molecule has 2 rings (SSSR count). The second kappa shape index (κ2) is 8.28. The molecular formula is C18H23N3. The van der Waals surface area contributed by atoms with Gasteiger partial charge in [0.25, 0.3) is 0 Å². The van der Waals surface area contributed by atoms with E-state index in [1.165, 1.54) is 0 Å². The first-order valence-electron chi connectivity index (χ1n) is 7.59. The number of benzene rings is 1. The Morgan fingerprint density at radius 1 is 1.24 bits per heavy atom. The van der Waals surface area contributed by atoms with Crippen LogP contribution in [-0.2, 0) is 0 Å². The summed E-state index contributed by atoms with van der Waals surface area (Å²) in [5.41, 5.74) is 2.18. The lowest BCUT2D eigenvalue weighted by molar-refractivity contribution is 0.491. The number of aromatic nitrogens is 2. The van der Waals surface area contributed by atoms with Gasteiger partial charge in [0.05, 0.1) is 17.4 Å². The molecule has 1 heterocycles. The van der Waals surface area contributed by atoms with Gasteiger partial charge in [-0.25, -0.2) is 4.68 Å². The third-order valence-electron chi connectivity index (χ3n) is 3.36. The normalized spacial score (nSPS) is 11.7. The third-order valence-corrected chi connectivity index (χ3v) is 3.36. The first kappa shape index (κ1) is 15.3. The molecule has 0 amide bonds. The minimum absolute atomic E-state index is 0.274. The summed E-state index contributed by atoms with van der Waals surface area (Å²) in [7, 11) is 0. The molecule has 0 radical (unpaired) electrons. The molecule has 0 bridgehead atoms. The molecule has 0 aliphatic heterocycles. The summed E-state index contributed by atoms with van der Waals surface area (Å²) in [5.74, 6) is 6.10. The topological polar surface area (TPSA) is 29.9 Å². The molecule has 1 unspecified atom stereocenters. The summed E-state index contributed by atoms with van der Waals surface area (Å²) in [6, 6.07) is 12.6. The highest BCUT2D eigenvalue weighted by molar-refractivity contribution is 5.30. The molecule has 0 aliphatic carbocycles. The number of rotatable bonds is 7. The van der Waals surface area contributed by atoms with Gasteiger partial charge in [0.2, 0.25) is 0 Å². The van der Waals surface area contributed by atoms with Gasteiger partial charge >= 0.3 is 0 Å². The van der Waals surface area contributed by atoms with E-state index in [1.54, 1.807) is 0 Å². The first-order chi connectivity index (χ1) is 10.3. The average molecular weight is 281 g/mol. The molecule has 0 aliphatic rings. The van der Waals surface area contributed by atoms with Crippen LogP contribution >= 0.6 is 0 Å². The largest absolute Gasteiger partial charge is 0.309 e. The zero-order chi connectivity index (χ0) is 14.9. The molecule has 3 nitrogen and oxygen atoms in total. The number of nitrogens with zero attached hydrogens (tertiary/aromatic N) is 2. The summed E-state index contributed by atoms with van der Waals surface area (Å²) >= 11 is 0. The van der Waals surface area contributed by atoms with E-state index in [4.69, 9.17) is 5.10 Å². The summed E-state index contributed by atoms with van der Waals surface area (Å²) in [4.78, 5) is 0. The molecule has 3 heteroatoms. The summed E-state index contributed by atoms with van der Waals surface area (Å²) in [5, 5.41) is 8.28. The highest BCUT2D eigenvalue weighted by atomic mass is 15.3. The SMILES string of the molecule is CC#CCCC(NCCC)c1ccn(-c2ccccc2)n1. The van der Waals surface area contributed by atoms with Crippen LogP contribution in [0.1, 0.15) is 44.8 Å². The van der Waals surface area contributed by atoms with Crippen molar-refractivity contribution in [2.45, 2.75) is 39.2 Å².